The number of fused-ring (bicyclic) bond motifs is 2. The van der Waals surface area contributed by atoms with Crippen molar-refractivity contribution in [1.29, 1.82) is 5.26 Å². The third-order valence-electron chi connectivity index (χ3n) is 6.63. The van der Waals surface area contributed by atoms with Crippen LogP contribution in [0.1, 0.15) is 25.1 Å². The molecule has 1 aromatic heterocycles. The van der Waals surface area contributed by atoms with Gasteiger partial charge in [-0.1, -0.05) is 31.2 Å². The molecule has 4 aromatic rings. The standard InChI is InChI=1S/C29H27FN6O3/c1-3-32-18(2)28(37)33-23-17-39-27-11-7-6-10-25(27)35(29(23)38)16-22-21-13-12-20(30)14-26(21)36(34-22)24-9-5-4-8-19(24)15-31/h4-14,18,23,32H,3,16-17H2,1-2H3,(H,33,37). The number of hydrogen-bond donors (Lipinski definition) is 2. The zero-order valence-corrected chi connectivity index (χ0v) is 21.5. The van der Waals surface area contributed by atoms with E-state index in [0.717, 1.165) is 0 Å². The van der Waals surface area contributed by atoms with Crippen LogP contribution in [0.3, 0.4) is 0 Å². The molecular formula is C29H27FN6O3. The molecule has 0 saturated heterocycles. The molecule has 2 N–H and O–H groups in total. The average Bonchev–Trinajstić information content (AvgIpc) is 3.24. The van der Waals surface area contributed by atoms with Crippen molar-refractivity contribution in [1.82, 2.24) is 20.4 Å². The minimum atomic E-state index is -0.934. The zero-order valence-electron chi connectivity index (χ0n) is 21.5. The van der Waals surface area contributed by atoms with Gasteiger partial charge in [0.2, 0.25) is 5.91 Å². The first-order valence-corrected chi connectivity index (χ1v) is 12.6. The summed E-state index contributed by atoms with van der Waals surface area (Å²) < 4.78 is 21.8. The highest BCUT2D eigenvalue weighted by molar-refractivity contribution is 6.01. The Labute approximate surface area is 224 Å². The molecule has 0 fully saturated rings. The van der Waals surface area contributed by atoms with Crippen LogP contribution in [-0.4, -0.2) is 46.8 Å². The predicted octanol–water partition coefficient (Wildman–Crippen LogP) is 3.44. The van der Waals surface area contributed by atoms with Gasteiger partial charge in [0.05, 0.1) is 40.7 Å². The molecular weight excluding hydrogens is 499 g/mol. The maximum atomic E-state index is 14.4. The second-order valence-corrected chi connectivity index (χ2v) is 9.19. The number of rotatable bonds is 7. The van der Waals surface area contributed by atoms with Crippen molar-refractivity contribution < 1.29 is 18.7 Å². The maximum absolute atomic E-state index is 14.4. The van der Waals surface area contributed by atoms with Crippen molar-refractivity contribution in [3.63, 3.8) is 0 Å². The fraction of sp³-hybridized carbons (Fsp3) is 0.241. The minimum absolute atomic E-state index is 0.0260. The molecule has 0 saturated carbocycles. The van der Waals surface area contributed by atoms with E-state index in [4.69, 9.17) is 9.84 Å². The van der Waals surface area contributed by atoms with Gasteiger partial charge in [-0.05, 0) is 49.9 Å². The van der Waals surface area contributed by atoms with Crippen LogP contribution >= 0.6 is 0 Å². The largest absolute Gasteiger partial charge is 0.489 e. The second-order valence-electron chi connectivity index (χ2n) is 9.19. The second kappa shape index (κ2) is 10.9. The number of halogens is 1. The Hall–Kier alpha value is -4.75. The van der Waals surface area contributed by atoms with E-state index in [1.54, 1.807) is 61.5 Å². The number of carbonyl (C=O) groups excluding carboxylic acids is 2. The van der Waals surface area contributed by atoms with Crippen molar-refractivity contribution >= 4 is 28.4 Å². The van der Waals surface area contributed by atoms with Gasteiger partial charge in [-0.3, -0.25) is 9.59 Å². The number of benzene rings is 3. The quantitative estimate of drug-likeness (QED) is 0.382. The van der Waals surface area contributed by atoms with Gasteiger partial charge in [0.15, 0.2) is 0 Å². The normalized spacial score (nSPS) is 15.7. The van der Waals surface area contributed by atoms with Crippen molar-refractivity contribution in [2.24, 2.45) is 0 Å². The van der Waals surface area contributed by atoms with E-state index in [9.17, 15) is 19.2 Å². The van der Waals surface area contributed by atoms with Gasteiger partial charge in [0, 0.05) is 11.5 Å². The van der Waals surface area contributed by atoms with Gasteiger partial charge in [-0.25, -0.2) is 9.07 Å². The molecule has 1 aliphatic rings. The highest BCUT2D eigenvalue weighted by atomic mass is 19.1. The molecule has 10 heteroatoms. The van der Waals surface area contributed by atoms with Crippen molar-refractivity contribution in [2.45, 2.75) is 32.5 Å². The molecule has 2 amide bonds. The molecule has 2 unspecified atom stereocenters. The lowest BCUT2D eigenvalue weighted by atomic mass is 10.1. The average molecular weight is 527 g/mol. The summed E-state index contributed by atoms with van der Waals surface area (Å²) in [6.07, 6.45) is 0. The van der Waals surface area contributed by atoms with Crippen LogP contribution in [-0.2, 0) is 16.1 Å². The van der Waals surface area contributed by atoms with Gasteiger partial charge in [0.1, 0.15) is 30.3 Å². The number of para-hydroxylation sites is 3. The van der Waals surface area contributed by atoms with E-state index in [0.29, 0.717) is 45.8 Å². The van der Waals surface area contributed by atoms with E-state index in [1.165, 1.54) is 21.7 Å². The number of ether oxygens (including phenoxy) is 1. The van der Waals surface area contributed by atoms with E-state index < -0.39 is 17.9 Å². The Balaban J connectivity index is 1.57. The van der Waals surface area contributed by atoms with E-state index in [1.807, 2.05) is 6.92 Å². The molecule has 39 heavy (non-hydrogen) atoms. The maximum Gasteiger partial charge on any atom is 0.253 e. The predicted molar refractivity (Wildman–Crippen MR) is 144 cm³/mol. The summed E-state index contributed by atoms with van der Waals surface area (Å²) in [5.74, 6) is -0.638. The summed E-state index contributed by atoms with van der Waals surface area (Å²) in [4.78, 5) is 28.1. The number of nitrogens with one attached hydrogen (secondary N) is 2. The molecule has 198 valence electrons. The topological polar surface area (TPSA) is 112 Å². The molecule has 0 spiro atoms. The number of likely N-dealkylation sites (N-methyl/N-ethyl adjacent to an activating group) is 1. The third-order valence-corrected chi connectivity index (χ3v) is 6.63. The van der Waals surface area contributed by atoms with Crippen LogP contribution in [0.2, 0.25) is 0 Å². The Morgan fingerprint density at radius 3 is 2.69 bits per heavy atom. The summed E-state index contributed by atoms with van der Waals surface area (Å²) >= 11 is 0. The fourth-order valence-corrected chi connectivity index (χ4v) is 4.67. The first-order chi connectivity index (χ1) is 18.9. The summed E-state index contributed by atoms with van der Waals surface area (Å²) in [5, 5.41) is 20.9. The fourth-order valence-electron chi connectivity index (χ4n) is 4.67. The van der Waals surface area contributed by atoms with Crippen molar-refractivity contribution in [2.75, 3.05) is 18.1 Å². The highest BCUT2D eigenvalue weighted by Crippen LogP contribution is 2.34. The Morgan fingerprint density at radius 1 is 1.18 bits per heavy atom. The molecule has 1 aliphatic heterocycles. The summed E-state index contributed by atoms with van der Waals surface area (Å²) in [6, 6.07) is 19.1. The van der Waals surface area contributed by atoms with E-state index >= 15 is 0 Å². The van der Waals surface area contributed by atoms with Gasteiger partial charge in [-0.15, -0.1) is 0 Å². The Morgan fingerprint density at radius 2 is 1.92 bits per heavy atom. The number of amides is 2. The number of nitrogens with zero attached hydrogens (tertiary/aromatic N) is 4. The van der Waals surface area contributed by atoms with Crippen LogP contribution in [0.15, 0.2) is 66.7 Å². The van der Waals surface area contributed by atoms with Crippen molar-refractivity contribution in [3.8, 4) is 17.5 Å². The first kappa shape index (κ1) is 25.9. The molecule has 0 aliphatic carbocycles. The monoisotopic (exact) mass is 526 g/mol. The smallest absolute Gasteiger partial charge is 0.253 e. The number of hydrogen-bond acceptors (Lipinski definition) is 6. The van der Waals surface area contributed by atoms with E-state index in [2.05, 4.69) is 16.7 Å². The Kier molecular flexibility index (Phi) is 7.25. The SMILES string of the molecule is CCNC(C)C(=O)NC1COc2ccccc2N(Cc2nn(-c3ccccc3C#N)c3cc(F)ccc23)C1=O. The van der Waals surface area contributed by atoms with Crippen LogP contribution in [0.5, 0.6) is 5.75 Å². The number of anilines is 1. The van der Waals surface area contributed by atoms with Gasteiger partial charge >= 0.3 is 0 Å². The molecule has 2 heterocycles. The Bertz CT molecular complexity index is 1590. The van der Waals surface area contributed by atoms with Crippen LogP contribution in [0.4, 0.5) is 10.1 Å². The van der Waals surface area contributed by atoms with Gasteiger partial charge in [-0.2, -0.15) is 10.4 Å². The lowest BCUT2D eigenvalue weighted by molar-refractivity contribution is -0.129. The van der Waals surface area contributed by atoms with Crippen molar-refractivity contribution in [3.05, 3.63) is 83.8 Å². The van der Waals surface area contributed by atoms with Crippen LogP contribution in [0, 0.1) is 17.1 Å². The molecule has 9 nitrogen and oxygen atoms in total. The lowest BCUT2D eigenvalue weighted by Crippen LogP contribution is -2.54. The zero-order chi connectivity index (χ0) is 27.5. The summed E-state index contributed by atoms with van der Waals surface area (Å²) in [5.41, 5.74) is 2.36. The third kappa shape index (κ3) is 5.04. The first-order valence-electron chi connectivity index (χ1n) is 12.6. The minimum Gasteiger partial charge on any atom is -0.489 e. The molecule has 0 radical (unpaired) electrons. The summed E-state index contributed by atoms with van der Waals surface area (Å²) in [7, 11) is 0. The molecule has 0 bridgehead atoms. The lowest BCUT2D eigenvalue weighted by Gasteiger charge is -2.25. The van der Waals surface area contributed by atoms with Crippen LogP contribution in [0.25, 0.3) is 16.6 Å². The van der Waals surface area contributed by atoms with Crippen LogP contribution < -0.4 is 20.3 Å². The van der Waals surface area contributed by atoms with E-state index in [-0.39, 0.29) is 25.0 Å². The summed E-state index contributed by atoms with van der Waals surface area (Å²) in [6.45, 7) is 4.22. The molecule has 5 rings (SSSR count). The van der Waals surface area contributed by atoms with Gasteiger partial charge < -0.3 is 20.3 Å². The molecule has 2 atom stereocenters. The number of aromatic nitrogens is 2. The van der Waals surface area contributed by atoms with Gasteiger partial charge in [0.25, 0.3) is 5.91 Å². The highest BCUT2D eigenvalue weighted by Gasteiger charge is 2.34. The number of nitriles is 1. The molecule has 3 aromatic carbocycles. The number of carbonyl (C=O) groups is 2.